The highest BCUT2D eigenvalue weighted by atomic mass is 32.1. The number of carbonyl (C=O) groups is 1. The quantitative estimate of drug-likeness (QED) is 0.686. The molecular weight excluding hydrogens is 322 g/mol. The maximum Gasteiger partial charge on any atom is 0.321 e. The molecule has 5 heteroatoms. The Bertz CT molecular complexity index is 631. The standard InChI is InChI=1S/C19H23NO3S/c1-23-17-9-7-15(8-10-17)11-12-20(18(14-24)19(21)22)13-16-5-3-2-4-6-16/h2-10,18,24H,11-14H2,1H3,(H,21,22). The first-order chi connectivity index (χ1) is 11.6. The molecule has 0 spiro atoms. The second kappa shape index (κ2) is 9.35. The van der Waals surface area contributed by atoms with Crippen molar-refractivity contribution in [2.45, 2.75) is 19.0 Å². The van der Waals surface area contributed by atoms with Gasteiger partial charge in [0.25, 0.3) is 0 Å². The van der Waals surface area contributed by atoms with Crippen molar-refractivity contribution in [1.82, 2.24) is 4.90 Å². The largest absolute Gasteiger partial charge is 0.497 e. The van der Waals surface area contributed by atoms with E-state index in [0.717, 1.165) is 23.3 Å². The second-order valence-corrected chi connectivity index (χ2v) is 5.96. The molecule has 0 saturated heterocycles. The number of hydrogen-bond acceptors (Lipinski definition) is 4. The van der Waals surface area contributed by atoms with Gasteiger partial charge in [-0.1, -0.05) is 42.5 Å². The molecule has 0 aliphatic carbocycles. The van der Waals surface area contributed by atoms with Gasteiger partial charge in [-0.15, -0.1) is 0 Å². The minimum Gasteiger partial charge on any atom is -0.497 e. The number of hydrogen-bond donors (Lipinski definition) is 2. The van der Waals surface area contributed by atoms with E-state index in [0.29, 0.717) is 13.1 Å². The Balaban J connectivity index is 2.07. The van der Waals surface area contributed by atoms with Gasteiger partial charge in [0, 0.05) is 18.8 Å². The number of thiol groups is 1. The summed E-state index contributed by atoms with van der Waals surface area (Å²) < 4.78 is 5.16. The fraction of sp³-hybridized carbons (Fsp3) is 0.316. The number of benzene rings is 2. The van der Waals surface area contributed by atoms with E-state index in [2.05, 4.69) is 12.6 Å². The third-order valence-corrected chi connectivity index (χ3v) is 4.32. The predicted molar refractivity (Wildman–Crippen MR) is 98.8 cm³/mol. The number of carboxylic acid groups (broad SMARTS) is 1. The molecular formula is C19H23NO3S. The Morgan fingerprint density at radius 2 is 1.79 bits per heavy atom. The van der Waals surface area contributed by atoms with E-state index in [1.54, 1.807) is 7.11 Å². The van der Waals surface area contributed by atoms with Crippen LogP contribution < -0.4 is 4.74 Å². The third-order valence-electron chi connectivity index (χ3n) is 3.97. The van der Waals surface area contributed by atoms with Crippen molar-refractivity contribution in [2.24, 2.45) is 0 Å². The monoisotopic (exact) mass is 345 g/mol. The molecule has 2 aromatic rings. The molecule has 0 bridgehead atoms. The Kier molecular flexibility index (Phi) is 7.15. The van der Waals surface area contributed by atoms with Gasteiger partial charge in [-0.3, -0.25) is 9.69 Å². The number of rotatable bonds is 9. The maximum absolute atomic E-state index is 11.5. The minimum atomic E-state index is -0.837. The van der Waals surface area contributed by atoms with Crippen LogP contribution >= 0.6 is 12.6 Å². The Hall–Kier alpha value is -1.98. The van der Waals surface area contributed by atoms with E-state index in [1.165, 1.54) is 0 Å². The first kappa shape index (κ1) is 18.4. The van der Waals surface area contributed by atoms with Gasteiger partial charge in [-0.25, -0.2) is 0 Å². The van der Waals surface area contributed by atoms with E-state index < -0.39 is 12.0 Å². The van der Waals surface area contributed by atoms with Crippen LogP contribution in [0.5, 0.6) is 5.75 Å². The Labute approximate surface area is 148 Å². The molecule has 0 amide bonds. The topological polar surface area (TPSA) is 49.8 Å². The van der Waals surface area contributed by atoms with Gasteiger partial charge in [0.05, 0.1) is 7.11 Å². The van der Waals surface area contributed by atoms with Gasteiger partial charge in [-0.05, 0) is 29.7 Å². The van der Waals surface area contributed by atoms with Crippen molar-refractivity contribution >= 4 is 18.6 Å². The highest BCUT2D eigenvalue weighted by Crippen LogP contribution is 2.15. The molecule has 0 fully saturated rings. The number of methoxy groups -OCH3 is 1. The van der Waals surface area contributed by atoms with Crippen LogP contribution in [-0.4, -0.2) is 41.4 Å². The average Bonchev–Trinajstić information content (AvgIpc) is 2.61. The molecule has 0 saturated carbocycles. The van der Waals surface area contributed by atoms with Gasteiger partial charge >= 0.3 is 5.97 Å². The van der Waals surface area contributed by atoms with Crippen LogP contribution in [0.3, 0.4) is 0 Å². The van der Waals surface area contributed by atoms with Crippen LogP contribution in [-0.2, 0) is 17.8 Å². The summed E-state index contributed by atoms with van der Waals surface area (Å²) in [6.07, 6.45) is 0.772. The van der Waals surface area contributed by atoms with E-state index in [-0.39, 0.29) is 5.75 Å². The van der Waals surface area contributed by atoms with Crippen molar-refractivity contribution in [3.63, 3.8) is 0 Å². The second-order valence-electron chi connectivity index (χ2n) is 5.59. The van der Waals surface area contributed by atoms with Crippen molar-refractivity contribution in [2.75, 3.05) is 19.4 Å². The summed E-state index contributed by atoms with van der Waals surface area (Å²) in [5.41, 5.74) is 2.25. The summed E-state index contributed by atoms with van der Waals surface area (Å²) in [7, 11) is 1.64. The summed E-state index contributed by atoms with van der Waals surface area (Å²) in [4.78, 5) is 13.5. The molecule has 2 rings (SSSR count). The highest BCUT2D eigenvalue weighted by Gasteiger charge is 2.24. The van der Waals surface area contributed by atoms with Gasteiger partial charge < -0.3 is 9.84 Å². The fourth-order valence-corrected chi connectivity index (χ4v) is 2.96. The lowest BCUT2D eigenvalue weighted by Gasteiger charge is -2.28. The number of ether oxygens (including phenoxy) is 1. The van der Waals surface area contributed by atoms with Gasteiger partial charge in [0.15, 0.2) is 0 Å². The smallest absolute Gasteiger partial charge is 0.321 e. The first-order valence-corrected chi connectivity index (χ1v) is 8.52. The number of aliphatic carboxylic acids is 1. The van der Waals surface area contributed by atoms with Crippen LogP contribution in [0, 0.1) is 0 Å². The summed E-state index contributed by atoms with van der Waals surface area (Å²) >= 11 is 4.23. The molecule has 0 aliphatic heterocycles. The predicted octanol–water partition coefficient (Wildman–Crippen LogP) is 3.12. The summed E-state index contributed by atoms with van der Waals surface area (Å²) in [6, 6.07) is 17.2. The molecule has 0 aliphatic rings. The zero-order valence-corrected chi connectivity index (χ0v) is 14.7. The Morgan fingerprint density at radius 3 is 2.33 bits per heavy atom. The first-order valence-electron chi connectivity index (χ1n) is 7.88. The average molecular weight is 345 g/mol. The van der Waals surface area contributed by atoms with E-state index in [4.69, 9.17) is 4.74 Å². The van der Waals surface area contributed by atoms with Gasteiger partial charge in [0.1, 0.15) is 11.8 Å². The van der Waals surface area contributed by atoms with Crippen LogP contribution in [0.1, 0.15) is 11.1 Å². The zero-order valence-electron chi connectivity index (χ0n) is 13.8. The van der Waals surface area contributed by atoms with Crippen LogP contribution in [0.4, 0.5) is 0 Å². The molecule has 1 N–H and O–H groups in total. The summed E-state index contributed by atoms with van der Waals surface area (Å²) in [5, 5.41) is 9.48. The van der Waals surface area contributed by atoms with Crippen LogP contribution in [0.15, 0.2) is 54.6 Å². The van der Waals surface area contributed by atoms with Crippen molar-refractivity contribution in [3.05, 3.63) is 65.7 Å². The maximum atomic E-state index is 11.5. The molecule has 1 atom stereocenters. The highest BCUT2D eigenvalue weighted by molar-refractivity contribution is 7.80. The van der Waals surface area contributed by atoms with Crippen molar-refractivity contribution in [3.8, 4) is 5.75 Å². The minimum absolute atomic E-state index is 0.283. The molecule has 128 valence electrons. The zero-order chi connectivity index (χ0) is 17.4. The fourth-order valence-electron chi connectivity index (χ4n) is 2.58. The SMILES string of the molecule is COc1ccc(CCN(Cc2ccccc2)C(CS)C(=O)O)cc1. The third kappa shape index (κ3) is 5.28. The van der Waals surface area contributed by atoms with Crippen LogP contribution in [0.2, 0.25) is 0 Å². The lowest BCUT2D eigenvalue weighted by atomic mass is 10.1. The van der Waals surface area contributed by atoms with Crippen molar-refractivity contribution < 1.29 is 14.6 Å². The molecule has 4 nitrogen and oxygen atoms in total. The van der Waals surface area contributed by atoms with Gasteiger partial charge in [-0.2, -0.15) is 12.6 Å². The summed E-state index contributed by atoms with van der Waals surface area (Å²) in [6.45, 7) is 1.24. The molecule has 0 aromatic heterocycles. The normalized spacial score (nSPS) is 12.1. The molecule has 1 unspecified atom stereocenters. The number of nitrogens with zero attached hydrogens (tertiary/aromatic N) is 1. The lowest BCUT2D eigenvalue weighted by molar-refractivity contribution is -0.142. The van der Waals surface area contributed by atoms with Crippen molar-refractivity contribution in [1.29, 1.82) is 0 Å². The summed E-state index contributed by atoms with van der Waals surface area (Å²) in [5.74, 6) is 0.263. The molecule has 2 aromatic carbocycles. The lowest BCUT2D eigenvalue weighted by Crippen LogP contribution is -2.43. The van der Waals surface area contributed by atoms with Crippen LogP contribution in [0.25, 0.3) is 0 Å². The van der Waals surface area contributed by atoms with E-state index >= 15 is 0 Å². The number of carboxylic acids is 1. The van der Waals surface area contributed by atoms with Gasteiger partial charge in [0.2, 0.25) is 0 Å². The molecule has 0 heterocycles. The molecule has 24 heavy (non-hydrogen) atoms. The Morgan fingerprint density at radius 1 is 1.12 bits per heavy atom. The van der Waals surface area contributed by atoms with E-state index in [1.807, 2.05) is 59.5 Å². The molecule has 0 radical (unpaired) electrons. The van der Waals surface area contributed by atoms with E-state index in [9.17, 15) is 9.90 Å².